The Morgan fingerprint density at radius 1 is 0.360 bits per heavy atom. The van der Waals surface area contributed by atoms with Gasteiger partial charge in [0.2, 0.25) is 0 Å². The van der Waals surface area contributed by atoms with Gasteiger partial charge in [0.1, 0.15) is 0 Å². The normalized spacial score (nSPS) is 14.9. The minimum atomic E-state index is -4.12. The lowest BCUT2D eigenvalue weighted by Crippen LogP contribution is -2.53. The van der Waals surface area contributed by atoms with Crippen LogP contribution in [0.1, 0.15) is 83.1 Å². The monoisotopic (exact) mass is 384 g/mol. The van der Waals surface area contributed by atoms with E-state index in [2.05, 4.69) is 0 Å². The van der Waals surface area contributed by atoms with Crippen molar-refractivity contribution in [2.45, 2.75) is 105 Å². The van der Waals surface area contributed by atoms with Gasteiger partial charge in [-0.15, -0.1) is 0 Å². The van der Waals surface area contributed by atoms with E-state index in [1.807, 2.05) is 0 Å². The maximum absolute atomic E-state index is 5.38. The van der Waals surface area contributed by atoms with Gasteiger partial charge >= 0.3 is 9.05 Å². The Bertz CT molecular complexity index is 309. The minimum absolute atomic E-state index is 0.653. The standard InChI is InChI=1S/C16H36O8Si/c1-13(2,3)17-21-25(22-18-14(4,5)6,23-19-15(7,8)9)24-20-16(10,11)12/h1-12H3. The van der Waals surface area contributed by atoms with Crippen molar-refractivity contribution in [2.75, 3.05) is 0 Å². The summed E-state index contributed by atoms with van der Waals surface area (Å²) in [6, 6.07) is 0. The molecule has 0 radical (unpaired) electrons. The van der Waals surface area contributed by atoms with Crippen LogP contribution in [-0.2, 0) is 37.9 Å². The predicted octanol–water partition coefficient (Wildman–Crippen LogP) is 4.41. The van der Waals surface area contributed by atoms with Gasteiger partial charge in [0.25, 0.3) is 0 Å². The van der Waals surface area contributed by atoms with Gasteiger partial charge in [-0.3, -0.25) is 0 Å². The largest absolute Gasteiger partial charge is 0.792 e. The molecule has 0 rings (SSSR count). The summed E-state index contributed by atoms with van der Waals surface area (Å²) in [4.78, 5) is 21.3. The lowest BCUT2D eigenvalue weighted by molar-refractivity contribution is -0.468. The molecule has 0 unspecified atom stereocenters. The Labute approximate surface area is 153 Å². The molecule has 0 aliphatic carbocycles. The molecular formula is C16H36O8Si. The third-order valence-corrected chi connectivity index (χ3v) is 2.72. The Hall–Kier alpha value is -0.103. The smallest absolute Gasteiger partial charge is 0.236 e. The molecule has 0 aliphatic rings. The summed E-state index contributed by atoms with van der Waals surface area (Å²) in [6.45, 7) is 21.6. The summed E-state index contributed by atoms with van der Waals surface area (Å²) in [5.74, 6) is 0. The Morgan fingerprint density at radius 3 is 0.640 bits per heavy atom. The molecule has 0 bridgehead atoms. The summed E-state index contributed by atoms with van der Waals surface area (Å²) in [6.07, 6.45) is 0. The van der Waals surface area contributed by atoms with Crippen LogP contribution in [0, 0.1) is 0 Å². The number of hydrogen-bond donors (Lipinski definition) is 0. The third-order valence-electron chi connectivity index (χ3n) is 1.57. The molecule has 0 atom stereocenters. The topological polar surface area (TPSA) is 73.8 Å². The second-order valence-electron chi connectivity index (χ2n) is 9.62. The maximum atomic E-state index is 5.38. The quantitative estimate of drug-likeness (QED) is 0.346. The van der Waals surface area contributed by atoms with E-state index in [0.29, 0.717) is 0 Å². The number of rotatable bonds is 8. The molecule has 0 heterocycles. The second kappa shape index (κ2) is 8.72. The molecule has 0 spiro atoms. The van der Waals surface area contributed by atoms with Gasteiger partial charge < -0.3 is 0 Å². The first-order valence-corrected chi connectivity index (χ1v) is 9.93. The van der Waals surface area contributed by atoms with E-state index in [1.54, 1.807) is 83.1 Å². The van der Waals surface area contributed by atoms with Gasteiger partial charge in [0.15, 0.2) is 0 Å². The molecule has 0 aromatic carbocycles. The van der Waals surface area contributed by atoms with Gasteiger partial charge in [-0.2, -0.15) is 18.3 Å². The Morgan fingerprint density at radius 2 is 0.520 bits per heavy atom. The van der Waals surface area contributed by atoms with Crippen molar-refractivity contribution >= 4 is 9.05 Å². The molecule has 0 aliphatic heterocycles. The zero-order valence-electron chi connectivity index (χ0n) is 17.8. The average Bonchev–Trinajstić information content (AvgIpc) is 2.33. The zero-order valence-corrected chi connectivity index (χ0v) is 18.8. The van der Waals surface area contributed by atoms with Gasteiger partial charge in [-0.1, -0.05) is 0 Å². The highest BCUT2D eigenvalue weighted by atomic mass is 28.4. The minimum Gasteiger partial charge on any atom is -0.236 e. The summed E-state index contributed by atoms with van der Waals surface area (Å²) < 4.78 is 21.5. The predicted molar refractivity (Wildman–Crippen MR) is 93.4 cm³/mol. The van der Waals surface area contributed by atoms with Crippen LogP contribution < -0.4 is 0 Å². The SMILES string of the molecule is CC(C)(C)OO[Si](OOC(C)(C)C)(OOC(C)(C)C)OOC(C)(C)C. The van der Waals surface area contributed by atoms with Gasteiger partial charge in [-0.25, -0.2) is 19.6 Å². The van der Waals surface area contributed by atoms with E-state index in [4.69, 9.17) is 37.9 Å². The Kier molecular flexibility index (Phi) is 8.69. The van der Waals surface area contributed by atoms with E-state index >= 15 is 0 Å². The number of hydrogen-bond acceptors (Lipinski definition) is 8. The highest BCUT2D eigenvalue weighted by Crippen LogP contribution is 2.25. The first kappa shape index (κ1) is 24.9. The van der Waals surface area contributed by atoms with Crippen LogP contribution in [0.3, 0.4) is 0 Å². The van der Waals surface area contributed by atoms with E-state index in [-0.39, 0.29) is 0 Å². The van der Waals surface area contributed by atoms with Crippen molar-refractivity contribution in [3.05, 3.63) is 0 Å². The van der Waals surface area contributed by atoms with Crippen molar-refractivity contribution in [3.63, 3.8) is 0 Å². The molecule has 152 valence electrons. The van der Waals surface area contributed by atoms with E-state index in [1.165, 1.54) is 0 Å². The molecular weight excluding hydrogens is 348 g/mol. The molecule has 0 fully saturated rings. The average molecular weight is 385 g/mol. The zero-order chi connectivity index (χ0) is 20.2. The van der Waals surface area contributed by atoms with Crippen molar-refractivity contribution in [3.8, 4) is 0 Å². The summed E-state index contributed by atoms with van der Waals surface area (Å²) >= 11 is 0. The summed E-state index contributed by atoms with van der Waals surface area (Å²) in [5.41, 5.74) is -2.61. The van der Waals surface area contributed by atoms with E-state index in [0.717, 1.165) is 0 Å². The molecule has 0 aromatic rings. The van der Waals surface area contributed by atoms with Crippen LogP contribution in [0.4, 0.5) is 0 Å². The molecule has 8 nitrogen and oxygen atoms in total. The Balaban J connectivity index is 5.41. The van der Waals surface area contributed by atoms with Crippen molar-refractivity contribution in [1.82, 2.24) is 0 Å². The fourth-order valence-corrected chi connectivity index (χ4v) is 2.36. The molecule has 25 heavy (non-hydrogen) atoms. The van der Waals surface area contributed by atoms with E-state index in [9.17, 15) is 0 Å². The molecule has 0 amide bonds. The van der Waals surface area contributed by atoms with Gasteiger partial charge in [0.05, 0.1) is 22.4 Å². The molecule has 0 saturated carbocycles. The fraction of sp³-hybridized carbons (Fsp3) is 1.00. The summed E-state index contributed by atoms with van der Waals surface area (Å²) in [5, 5.41) is 0. The van der Waals surface area contributed by atoms with Crippen LogP contribution in [-0.4, -0.2) is 31.5 Å². The van der Waals surface area contributed by atoms with Crippen LogP contribution in [0.5, 0.6) is 0 Å². The summed E-state index contributed by atoms with van der Waals surface area (Å²) in [7, 11) is -4.12. The highest BCUT2D eigenvalue weighted by Gasteiger charge is 2.57. The third kappa shape index (κ3) is 14.7. The van der Waals surface area contributed by atoms with Crippen LogP contribution >= 0.6 is 0 Å². The molecule has 9 heteroatoms. The lowest BCUT2D eigenvalue weighted by Gasteiger charge is -2.32. The van der Waals surface area contributed by atoms with Crippen molar-refractivity contribution in [2.24, 2.45) is 0 Å². The first-order chi connectivity index (χ1) is 10.8. The van der Waals surface area contributed by atoms with Gasteiger partial charge in [0, 0.05) is 0 Å². The molecule has 0 aromatic heterocycles. The molecule has 0 N–H and O–H groups in total. The van der Waals surface area contributed by atoms with Crippen molar-refractivity contribution in [1.29, 1.82) is 0 Å². The van der Waals surface area contributed by atoms with Gasteiger partial charge in [-0.05, 0) is 83.1 Å². The van der Waals surface area contributed by atoms with Crippen LogP contribution in [0.2, 0.25) is 0 Å². The lowest BCUT2D eigenvalue weighted by atomic mass is 10.2. The maximum Gasteiger partial charge on any atom is 0.792 e. The van der Waals surface area contributed by atoms with Crippen LogP contribution in [0.15, 0.2) is 0 Å². The highest BCUT2D eigenvalue weighted by molar-refractivity contribution is 6.52. The van der Waals surface area contributed by atoms with Crippen molar-refractivity contribution < 1.29 is 37.9 Å². The fourth-order valence-electron chi connectivity index (χ4n) is 0.787. The van der Waals surface area contributed by atoms with E-state index < -0.39 is 31.5 Å². The van der Waals surface area contributed by atoms with Crippen LogP contribution in [0.25, 0.3) is 0 Å². The first-order valence-electron chi connectivity index (χ1n) is 8.30. The molecule has 0 saturated heterocycles. The second-order valence-corrected chi connectivity index (χ2v) is 11.3.